The summed E-state index contributed by atoms with van der Waals surface area (Å²) in [6.07, 6.45) is 0. The minimum atomic E-state index is -0.994. The molecule has 0 saturated carbocycles. The van der Waals surface area contributed by atoms with Crippen LogP contribution < -0.4 is 0 Å². The predicted octanol–water partition coefficient (Wildman–Crippen LogP) is 2.14. The van der Waals surface area contributed by atoms with Crippen LogP contribution in [-0.4, -0.2) is 16.1 Å². The summed E-state index contributed by atoms with van der Waals surface area (Å²) in [5.41, 5.74) is 2.06. The molecule has 0 amide bonds. The van der Waals surface area contributed by atoms with Crippen LogP contribution in [0.2, 0.25) is 0 Å². The Balaban J connectivity index is 2.87. The molecular formula is C10H9NO3. The standard InChI is InChI=1S/C10H9NO3/c1-5-3-4-7(10(12)13)9-8(5)11-6(2)14-9/h3-4H,1-2H3,(H,12,13). The fourth-order valence-corrected chi connectivity index (χ4v) is 1.41. The molecule has 2 aromatic rings. The molecule has 0 aliphatic rings. The fraction of sp³-hybridized carbons (Fsp3) is 0.200. The lowest BCUT2D eigenvalue weighted by atomic mass is 10.1. The first-order valence-electron chi connectivity index (χ1n) is 4.19. The Morgan fingerprint density at radius 2 is 2.14 bits per heavy atom. The lowest BCUT2D eigenvalue weighted by molar-refractivity contribution is 0.0698. The number of carboxylic acid groups (broad SMARTS) is 1. The normalized spacial score (nSPS) is 10.7. The van der Waals surface area contributed by atoms with Gasteiger partial charge in [-0.05, 0) is 18.6 Å². The Morgan fingerprint density at radius 3 is 2.79 bits per heavy atom. The van der Waals surface area contributed by atoms with Crippen LogP contribution in [0.3, 0.4) is 0 Å². The van der Waals surface area contributed by atoms with E-state index in [9.17, 15) is 4.79 Å². The molecule has 1 aromatic carbocycles. The molecule has 14 heavy (non-hydrogen) atoms. The molecule has 1 aromatic heterocycles. The molecule has 1 N–H and O–H groups in total. The molecule has 0 saturated heterocycles. The topological polar surface area (TPSA) is 63.3 Å². The number of hydrogen-bond donors (Lipinski definition) is 1. The molecular weight excluding hydrogens is 182 g/mol. The smallest absolute Gasteiger partial charge is 0.339 e. The van der Waals surface area contributed by atoms with Gasteiger partial charge in [0, 0.05) is 6.92 Å². The van der Waals surface area contributed by atoms with Crippen LogP contribution in [-0.2, 0) is 0 Å². The van der Waals surface area contributed by atoms with Gasteiger partial charge < -0.3 is 9.52 Å². The lowest BCUT2D eigenvalue weighted by Gasteiger charge is -1.96. The third-order valence-electron chi connectivity index (χ3n) is 2.08. The van der Waals surface area contributed by atoms with Crippen molar-refractivity contribution in [3.05, 3.63) is 29.2 Å². The molecule has 0 atom stereocenters. The Labute approximate surface area is 80.2 Å². The number of aromatic nitrogens is 1. The zero-order valence-electron chi connectivity index (χ0n) is 7.87. The number of aromatic carboxylic acids is 1. The highest BCUT2D eigenvalue weighted by atomic mass is 16.4. The summed E-state index contributed by atoms with van der Waals surface area (Å²) < 4.78 is 5.25. The van der Waals surface area contributed by atoms with Crippen molar-refractivity contribution in [3.8, 4) is 0 Å². The number of benzene rings is 1. The first kappa shape index (κ1) is 8.74. The van der Waals surface area contributed by atoms with Crippen molar-refractivity contribution in [3.63, 3.8) is 0 Å². The predicted molar refractivity (Wildman–Crippen MR) is 50.4 cm³/mol. The van der Waals surface area contributed by atoms with E-state index >= 15 is 0 Å². The highest BCUT2D eigenvalue weighted by Crippen LogP contribution is 2.22. The molecule has 0 unspecified atom stereocenters. The third-order valence-corrected chi connectivity index (χ3v) is 2.08. The van der Waals surface area contributed by atoms with Gasteiger partial charge in [-0.1, -0.05) is 6.07 Å². The molecule has 72 valence electrons. The molecule has 4 heteroatoms. The second kappa shape index (κ2) is 2.83. The molecule has 1 heterocycles. The summed E-state index contributed by atoms with van der Waals surface area (Å²) in [4.78, 5) is 15.0. The number of aryl methyl sites for hydroxylation is 2. The van der Waals surface area contributed by atoms with Crippen molar-refractivity contribution < 1.29 is 14.3 Å². The maximum absolute atomic E-state index is 10.8. The van der Waals surface area contributed by atoms with E-state index in [-0.39, 0.29) is 5.56 Å². The van der Waals surface area contributed by atoms with Gasteiger partial charge in [-0.15, -0.1) is 0 Å². The molecule has 2 rings (SSSR count). The van der Waals surface area contributed by atoms with Crippen molar-refractivity contribution in [1.29, 1.82) is 0 Å². The Morgan fingerprint density at radius 1 is 1.43 bits per heavy atom. The summed E-state index contributed by atoms with van der Waals surface area (Å²) >= 11 is 0. The first-order chi connectivity index (χ1) is 6.59. The number of hydrogen-bond acceptors (Lipinski definition) is 3. The van der Waals surface area contributed by atoms with Crippen LogP contribution >= 0.6 is 0 Å². The molecule has 4 nitrogen and oxygen atoms in total. The monoisotopic (exact) mass is 191 g/mol. The molecule has 0 bridgehead atoms. The van der Waals surface area contributed by atoms with Gasteiger partial charge in [0.2, 0.25) is 0 Å². The summed E-state index contributed by atoms with van der Waals surface area (Å²) in [5.74, 6) is -0.511. The van der Waals surface area contributed by atoms with Crippen LogP contribution in [0.1, 0.15) is 21.8 Å². The Hall–Kier alpha value is -1.84. The van der Waals surface area contributed by atoms with E-state index in [1.54, 1.807) is 13.0 Å². The molecule has 0 aliphatic heterocycles. The van der Waals surface area contributed by atoms with Crippen LogP contribution in [0.4, 0.5) is 0 Å². The quantitative estimate of drug-likeness (QED) is 0.750. The number of nitrogens with zero attached hydrogens (tertiary/aromatic N) is 1. The van der Waals surface area contributed by atoms with Crippen molar-refractivity contribution in [2.24, 2.45) is 0 Å². The maximum atomic E-state index is 10.8. The lowest BCUT2D eigenvalue weighted by Crippen LogP contribution is -1.96. The van der Waals surface area contributed by atoms with Crippen molar-refractivity contribution in [1.82, 2.24) is 4.98 Å². The van der Waals surface area contributed by atoms with Crippen LogP contribution in [0.25, 0.3) is 11.1 Å². The number of carbonyl (C=O) groups is 1. The van der Waals surface area contributed by atoms with Crippen LogP contribution in [0.5, 0.6) is 0 Å². The minimum Gasteiger partial charge on any atom is -0.478 e. The zero-order chi connectivity index (χ0) is 10.3. The molecule has 0 aliphatic carbocycles. The van der Waals surface area contributed by atoms with E-state index in [0.717, 1.165) is 5.56 Å². The number of rotatable bonds is 1. The Kier molecular flexibility index (Phi) is 1.77. The van der Waals surface area contributed by atoms with Crippen molar-refractivity contribution in [2.75, 3.05) is 0 Å². The van der Waals surface area contributed by atoms with Gasteiger partial charge in [-0.25, -0.2) is 9.78 Å². The van der Waals surface area contributed by atoms with E-state index in [1.807, 2.05) is 6.92 Å². The average Bonchev–Trinajstić information content (AvgIpc) is 2.47. The third kappa shape index (κ3) is 1.16. The Bertz CT molecular complexity index is 513. The maximum Gasteiger partial charge on any atom is 0.339 e. The minimum absolute atomic E-state index is 0.159. The fourth-order valence-electron chi connectivity index (χ4n) is 1.41. The van der Waals surface area contributed by atoms with Gasteiger partial charge in [-0.3, -0.25) is 0 Å². The summed E-state index contributed by atoms with van der Waals surface area (Å²) in [5, 5.41) is 8.90. The number of fused-ring (bicyclic) bond motifs is 1. The van der Waals surface area contributed by atoms with E-state index in [4.69, 9.17) is 9.52 Å². The van der Waals surface area contributed by atoms with Gasteiger partial charge in [0.15, 0.2) is 11.5 Å². The first-order valence-corrected chi connectivity index (χ1v) is 4.19. The second-order valence-corrected chi connectivity index (χ2v) is 3.15. The molecule has 0 fully saturated rings. The summed E-state index contributed by atoms with van der Waals surface area (Å²) in [7, 11) is 0. The van der Waals surface area contributed by atoms with E-state index < -0.39 is 5.97 Å². The largest absolute Gasteiger partial charge is 0.478 e. The SMILES string of the molecule is Cc1nc2c(C)ccc(C(=O)O)c2o1. The van der Waals surface area contributed by atoms with Gasteiger partial charge in [0.05, 0.1) is 0 Å². The zero-order valence-corrected chi connectivity index (χ0v) is 7.87. The molecule has 0 spiro atoms. The van der Waals surface area contributed by atoms with E-state index in [2.05, 4.69) is 4.98 Å². The van der Waals surface area contributed by atoms with Gasteiger partial charge >= 0.3 is 5.97 Å². The highest BCUT2D eigenvalue weighted by Gasteiger charge is 2.14. The van der Waals surface area contributed by atoms with Gasteiger partial charge in [0.25, 0.3) is 0 Å². The molecule has 0 radical (unpaired) electrons. The summed E-state index contributed by atoms with van der Waals surface area (Å²) in [6, 6.07) is 3.26. The van der Waals surface area contributed by atoms with Crippen molar-refractivity contribution in [2.45, 2.75) is 13.8 Å². The number of oxazole rings is 1. The van der Waals surface area contributed by atoms with Crippen LogP contribution in [0.15, 0.2) is 16.5 Å². The van der Waals surface area contributed by atoms with Gasteiger partial charge in [-0.2, -0.15) is 0 Å². The van der Waals surface area contributed by atoms with Crippen LogP contribution in [0, 0.1) is 13.8 Å². The van der Waals surface area contributed by atoms with Gasteiger partial charge in [0.1, 0.15) is 11.1 Å². The highest BCUT2D eigenvalue weighted by molar-refractivity contribution is 6.00. The second-order valence-electron chi connectivity index (χ2n) is 3.15. The number of carboxylic acids is 1. The van der Waals surface area contributed by atoms with E-state index in [0.29, 0.717) is 17.0 Å². The van der Waals surface area contributed by atoms with Crippen molar-refractivity contribution >= 4 is 17.1 Å². The average molecular weight is 191 g/mol. The summed E-state index contributed by atoms with van der Waals surface area (Å²) in [6.45, 7) is 3.57. The van der Waals surface area contributed by atoms with E-state index in [1.165, 1.54) is 6.07 Å².